The molecule has 0 amide bonds. The predicted octanol–water partition coefficient (Wildman–Crippen LogP) is 3.30. The number of rotatable bonds is 7. The smallest absolute Gasteiger partial charge is 0.00432 e. The third kappa shape index (κ3) is 5.33. The third-order valence-corrected chi connectivity index (χ3v) is 3.69. The standard InChI is InChI=1S/C17H30N2/c1-13-8-9-16(14(2)11-13)17(4,5)12-19-10-6-7-15(3)18/h8-9,11,15,19H,6-7,10,12,18H2,1-5H3. The summed E-state index contributed by atoms with van der Waals surface area (Å²) >= 11 is 0. The van der Waals surface area contributed by atoms with Gasteiger partial charge in [0.05, 0.1) is 0 Å². The summed E-state index contributed by atoms with van der Waals surface area (Å²) in [7, 11) is 0. The largest absolute Gasteiger partial charge is 0.328 e. The zero-order chi connectivity index (χ0) is 14.5. The first-order valence-electron chi connectivity index (χ1n) is 7.37. The highest BCUT2D eigenvalue weighted by Crippen LogP contribution is 2.26. The van der Waals surface area contributed by atoms with Crippen LogP contribution < -0.4 is 11.1 Å². The summed E-state index contributed by atoms with van der Waals surface area (Å²) in [6.07, 6.45) is 2.25. The van der Waals surface area contributed by atoms with E-state index in [9.17, 15) is 0 Å². The van der Waals surface area contributed by atoms with Gasteiger partial charge < -0.3 is 11.1 Å². The molecule has 3 N–H and O–H groups in total. The normalized spacial score (nSPS) is 13.6. The van der Waals surface area contributed by atoms with Gasteiger partial charge in [-0.2, -0.15) is 0 Å². The van der Waals surface area contributed by atoms with Crippen molar-refractivity contribution in [3.63, 3.8) is 0 Å². The molecule has 0 fully saturated rings. The van der Waals surface area contributed by atoms with Crippen molar-refractivity contribution in [2.24, 2.45) is 5.73 Å². The topological polar surface area (TPSA) is 38.0 Å². The van der Waals surface area contributed by atoms with E-state index in [1.807, 2.05) is 0 Å². The lowest BCUT2D eigenvalue weighted by molar-refractivity contribution is 0.457. The van der Waals surface area contributed by atoms with Gasteiger partial charge >= 0.3 is 0 Å². The molecule has 1 aromatic carbocycles. The van der Waals surface area contributed by atoms with E-state index >= 15 is 0 Å². The van der Waals surface area contributed by atoms with Gasteiger partial charge in [0.1, 0.15) is 0 Å². The number of benzene rings is 1. The Morgan fingerprint density at radius 1 is 1.26 bits per heavy atom. The molecule has 108 valence electrons. The van der Waals surface area contributed by atoms with Crippen LogP contribution in [0.3, 0.4) is 0 Å². The Morgan fingerprint density at radius 2 is 1.95 bits per heavy atom. The molecule has 0 aromatic heterocycles. The first-order valence-corrected chi connectivity index (χ1v) is 7.37. The molecule has 1 atom stereocenters. The van der Waals surface area contributed by atoms with Crippen molar-refractivity contribution in [3.05, 3.63) is 34.9 Å². The number of hydrogen-bond donors (Lipinski definition) is 2. The molecule has 0 aliphatic heterocycles. The molecular formula is C17H30N2. The Kier molecular flexibility index (Phi) is 6.02. The number of hydrogen-bond acceptors (Lipinski definition) is 2. The molecule has 0 spiro atoms. The summed E-state index contributed by atoms with van der Waals surface area (Å²) in [5.74, 6) is 0. The van der Waals surface area contributed by atoms with E-state index in [1.54, 1.807) is 0 Å². The number of nitrogens with two attached hydrogens (primary N) is 1. The highest BCUT2D eigenvalue weighted by Gasteiger charge is 2.21. The molecule has 0 aliphatic carbocycles. The van der Waals surface area contributed by atoms with Gasteiger partial charge in [-0.05, 0) is 51.3 Å². The van der Waals surface area contributed by atoms with Crippen molar-refractivity contribution in [2.45, 2.75) is 58.9 Å². The zero-order valence-corrected chi connectivity index (χ0v) is 13.2. The van der Waals surface area contributed by atoms with E-state index in [0.717, 1.165) is 25.9 Å². The summed E-state index contributed by atoms with van der Waals surface area (Å²) in [5, 5.41) is 3.57. The van der Waals surface area contributed by atoms with Crippen LogP contribution in [0.15, 0.2) is 18.2 Å². The summed E-state index contributed by atoms with van der Waals surface area (Å²) in [6, 6.07) is 7.07. The van der Waals surface area contributed by atoms with Crippen molar-refractivity contribution in [2.75, 3.05) is 13.1 Å². The van der Waals surface area contributed by atoms with Crippen molar-refractivity contribution in [1.29, 1.82) is 0 Å². The number of nitrogens with one attached hydrogen (secondary N) is 1. The molecule has 2 nitrogen and oxygen atoms in total. The van der Waals surface area contributed by atoms with Crippen LogP contribution in [-0.4, -0.2) is 19.1 Å². The van der Waals surface area contributed by atoms with Crippen LogP contribution in [0.1, 0.15) is 50.3 Å². The van der Waals surface area contributed by atoms with Gasteiger partial charge in [0, 0.05) is 18.0 Å². The molecule has 0 aliphatic rings. The average Bonchev–Trinajstić information content (AvgIpc) is 2.27. The first kappa shape index (κ1) is 16.2. The van der Waals surface area contributed by atoms with Gasteiger partial charge in [-0.3, -0.25) is 0 Å². The fourth-order valence-electron chi connectivity index (χ4n) is 2.62. The van der Waals surface area contributed by atoms with Crippen LogP contribution in [0.2, 0.25) is 0 Å². The van der Waals surface area contributed by atoms with E-state index in [1.165, 1.54) is 16.7 Å². The Bertz CT molecular complexity index is 394. The maximum Gasteiger partial charge on any atom is 0.00432 e. The van der Waals surface area contributed by atoms with E-state index in [4.69, 9.17) is 5.73 Å². The summed E-state index contributed by atoms with van der Waals surface area (Å²) in [5.41, 5.74) is 10.1. The van der Waals surface area contributed by atoms with Gasteiger partial charge in [-0.1, -0.05) is 37.6 Å². The molecule has 1 aromatic rings. The lowest BCUT2D eigenvalue weighted by Crippen LogP contribution is -2.34. The Hall–Kier alpha value is -0.860. The van der Waals surface area contributed by atoms with Crippen LogP contribution >= 0.6 is 0 Å². The van der Waals surface area contributed by atoms with Crippen LogP contribution in [-0.2, 0) is 5.41 Å². The SMILES string of the molecule is Cc1ccc(C(C)(C)CNCCCC(C)N)c(C)c1. The molecule has 1 rings (SSSR count). The second kappa shape index (κ2) is 7.06. The second-order valence-electron chi connectivity index (χ2n) is 6.50. The molecule has 1 unspecified atom stereocenters. The van der Waals surface area contributed by atoms with Gasteiger partial charge in [0.25, 0.3) is 0 Å². The molecule has 0 radical (unpaired) electrons. The summed E-state index contributed by atoms with van der Waals surface area (Å²) in [4.78, 5) is 0. The van der Waals surface area contributed by atoms with Gasteiger partial charge in [0.15, 0.2) is 0 Å². The lowest BCUT2D eigenvalue weighted by Gasteiger charge is -2.28. The minimum absolute atomic E-state index is 0.173. The zero-order valence-electron chi connectivity index (χ0n) is 13.2. The van der Waals surface area contributed by atoms with Crippen molar-refractivity contribution >= 4 is 0 Å². The van der Waals surface area contributed by atoms with Gasteiger partial charge in [0.2, 0.25) is 0 Å². The van der Waals surface area contributed by atoms with Crippen LogP contribution in [0.5, 0.6) is 0 Å². The molecule has 0 bridgehead atoms. The summed E-state index contributed by atoms with van der Waals surface area (Å²) in [6.45, 7) is 13.1. The maximum atomic E-state index is 5.76. The van der Waals surface area contributed by atoms with E-state index in [0.29, 0.717) is 6.04 Å². The minimum Gasteiger partial charge on any atom is -0.328 e. The summed E-state index contributed by atoms with van der Waals surface area (Å²) < 4.78 is 0. The molecule has 0 saturated heterocycles. The van der Waals surface area contributed by atoms with Gasteiger partial charge in [-0.25, -0.2) is 0 Å². The molecular weight excluding hydrogens is 232 g/mol. The monoisotopic (exact) mass is 262 g/mol. The molecule has 2 heteroatoms. The van der Waals surface area contributed by atoms with E-state index in [-0.39, 0.29) is 5.41 Å². The van der Waals surface area contributed by atoms with Crippen LogP contribution in [0, 0.1) is 13.8 Å². The second-order valence-corrected chi connectivity index (χ2v) is 6.50. The van der Waals surface area contributed by atoms with E-state index in [2.05, 4.69) is 58.1 Å². The molecule has 0 heterocycles. The Morgan fingerprint density at radius 3 is 2.53 bits per heavy atom. The van der Waals surface area contributed by atoms with Crippen molar-refractivity contribution in [1.82, 2.24) is 5.32 Å². The van der Waals surface area contributed by atoms with Crippen LogP contribution in [0.4, 0.5) is 0 Å². The third-order valence-electron chi connectivity index (χ3n) is 3.69. The first-order chi connectivity index (χ1) is 8.83. The highest BCUT2D eigenvalue weighted by molar-refractivity contribution is 5.35. The maximum absolute atomic E-state index is 5.76. The van der Waals surface area contributed by atoms with Crippen LogP contribution in [0.25, 0.3) is 0 Å². The Labute approximate surface area is 118 Å². The lowest BCUT2D eigenvalue weighted by atomic mass is 9.81. The average molecular weight is 262 g/mol. The van der Waals surface area contributed by atoms with Crippen molar-refractivity contribution < 1.29 is 0 Å². The van der Waals surface area contributed by atoms with Gasteiger partial charge in [-0.15, -0.1) is 0 Å². The fourth-order valence-corrected chi connectivity index (χ4v) is 2.62. The molecule has 19 heavy (non-hydrogen) atoms. The quantitative estimate of drug-likeness (QED) is 0.740. The predicted molar refractivity (Wildman–Crippen MR) is 84.7 cm³/mol. The highest BCUT2D eigenvalue weighted by atomic mass is 14.9. The van der Waals surface area contributed by atoms with Crippen molar-refractivity contribution in [3.8, 4) is 0 Å². The Balaban J connectivity index is 2.51. The fraction of sp³-hybridized carbons (Fsp3) is 0.647. The minimum atomic E-state index is 0.173. The number of aryl methyl sites for hydroxylation is 2. The van der Waals surface area contributed by atoms with E-state index < -0.39 is 0 Å². The molecule has 0 saturated carbocycles.